The lowest BCUT2D eigenvalue weighted by molar-refractivity contribution is -0.139. The predicted octanol–water partition coefficient (Wildman–Crippen LogP) is 2.51. The molecule has 2 aromatic rings. The molecule has 0 aliphatic carbocycles. The summed E-state index contributed by atoms with van der Waals surface area (Å²) < 4.78 is 1.51. The third-order valence-electron chi connectivity index (χ3n) is 3.10. The number of aromatic nitrogens is 2. The zero-order valence-corrected chi connectivity index (χ0v) is 12.7. The van der Waals surface area contributed by atoms with Crippen molar-refractivity contribution in [3.63, 3.8) is 0 Å². The maximum atomic E-state index is 12.1. The van der Waals surface area contributed by atoms with Crippen LogP contribution in [-0.2, 0) is 4.79 Å². The summed E-state index contributed by atoms with van der Waals surface area (Å²) in [6.45, 7) is 1.86. The highest BCUT2D eigenvalue weighted by Gasteiger charge is 2.20. The minimum Gasteiger partial charge on any atom is -0.480 e. The smallest absolute Gasteiger partial charge is 0.326 e. The van der Waals surface area contributed by atoms with Gasteiger partial charge in [-0.3, -0.25) is 4.79 Å². The van der Waals surface area contributed by atoms with Gasteiger partial charge in [-0.25, -0.2) is 9.48 Å². The second kappa shape index (κ2) is 7.09. The van der Waals surface area contributed by atoms with Crippen LogP contribution in [0.25, 0.3) is 5.69 Å². The molecule has 2 rings (SSSR count). The standard InChI is InChI=1S/C15H16ClN3O3/c1-2-4-13(15(21)22)18-14(20)10-8-17-19(9-10)12-6-3-5-11(16)7-12/h3,5-9,13H,2,4H2,1H3,(H,18,20)(H,21,22). The third kappa shape index (κ3) is 3.85. The van der Waals surface area contributed by atoms with Gasteiger partial charge in [0, 0.05) is 11.2 Å². The first-order valence-corrected chi connectivity index (χ1v) is 7.23. The van der Waals surface area contributed by atoms with E-state index in [2.05, 4.69) is 10.4 Å². The minimum atomic E-state index is -1.04. The zero-order valence-electron chi connectivity index (χ0n) is 12.0. The van der Waals surface area contributed by atoms with Crippen LogP contribution in [-0.4, -0.2) is 32.8 Å². The van der Waals surface area contributed by atoms with E-state index in [1.54, 1.807) is 24.3 Å². The fourth-order valence-electron chi connectivity index (χ4n) is 1.99. The molecule has 0 aliphatic heterocycles. The van der Waals surface area contributed by atoms with Gasteiger partial charge in [0.1, 0.15) is 6.04 Å². The van der Waals surface area contributed by atoms with Crippen molar-refractivity contribution < 1.29 is 14.7 Å². The molecule has 116 valence electrons. The van der Waals surface area contributed by atoms with Crippen LogP contribution >= 0.6 is 11.6 Å². The van der Waals surface area contributed by atoms with Crippen LogP contribution in [0.4, 0.5) is 0 Å². The maximum Gasteiger partial charge on any atom is 0.326 e. The van der Waals surface area contributed by atoms with E-state index in [0.29, 0.717) is 23.4 Å². The highest BCUT2D eigenvalue weighted by molar-refractivity contribution is 6.30. The van der Waals surface area contributed by atoms with Crippen LogP contribution < -0.4 is 5.32 Å². The van der Waals surface area contributed by atoms with Crippen molar-refractivity contribution in [1.29, 1.82) is 0 Å². The van der Waals surface area contributed by atoms with Crippen molar-refractivity contribution >= 4 is 23.5 Å². The molecule has 1 unspecified atom stereocenters. The monoisotopic (exact) mass is 321 g/mol. The van der Waals surface area contributed by atoms with Crippen LogP contribution in [0.2, 0.25) is 5.02 Å². The topological polar surface area (TPSA) is 84.2 Å². The van der Waals surface area contributed by atoms with Crippen LogP contribution in [0.15, 0.2) is 36.7 Å². The Labute approximate surface area is 132 Å². The molecular weight excluding hydrogens is 306 g/mol. The van der Waals surface area contributed by atoms with E-state index >= 15 is 0 Å². The summed E-state index contributed by atoms with van der Waals surface area (Å²) >= 11 is 5.92. The van der Waals surface area contributed by atoms with Gasteiger partial charge >= 0.3 is 5.97 Å². The van der Waals surface area contributed by atoms with Crippen molar-refractivity contribution in [3.05, 3.63) is 47.2 Å². The summed E-state index contributed by atoms with van der Waals surface area (Å²) in [5.41, 5.74) is 1.01. The van der Waals surface area contributed by atoms with E-state index in [1.807, 2.05) is 6.92 Å². The van der Waals surface area contributed by atoms with Gasteiger partial charge in [0.2, 0.25) is 0 Å². The van der Waals surface area contributed by atoms with E-state index in [-0.39, 0.29) is 0 Å². The summed E-state index contributed by atoms with van der Waals surface area (Å²) in [4.78, 5) is 23.2. The first-order chi connectivity index (χ1) is 10.5. The lowest BCUT2D eigenvalue weighted by Crippen LogP contribution is -2.40. The van der Waals surface area contributed by atoms with E-state index in [4.69, 9.17) is 16.7 Å². The molecule has 1 aromatic heterocycles. The van der Waals surface area contributed by atoms with Crippen LogP contribution in [0.5, 0.6) is 0 Å². The normalized spacial score (nSPS) is 11.9. The summed E-state index contributed by atoms with van der Waals surface area (Å²) in [6.07, 6.45) is 3.97. The van der Waals surface area contributed by atoms with Crippen molar-refractivity contribution in [2.75, 3.05) is 0 Å². The number of hydrogen-bond acceptors (Lipinski definition) is 3. The Morgan fingerprint density at radius 2 is 2.23 bits per heavy atom. The zero-order chi connectivity index (χ0) is 16.1. The van der Waals surface area contributed by atoms with E-state index in [1.165, 1.54) is 17.1 Å². The van der Waals surface area contributed by atoms with Crippen molar-refractivity contribution in [2.24, 2.45) is 0 Å². The fourth-order valence-corrected chi connectivity index (χ4v) is 2.17. The third-order valence-corrected chi connectivity index (χ3v) is 3.33. The largest absolute Gasteiger partial charge is 0.480 e. The van der Waals surface area contributed by atoms with E-state index < -0.39 is 17.9 Å². The fraction of sp³-hybridized carbons (Fsp3) is 0.267. The Morgan fingerprint density at radius 1 is 1.45 bits per heavy atom. The van der Waals surface area contributed by atoms with E-state index in [0.717, 1.165) is 5.69 Å². The maximum absolute atomic E-state index is 12.1. The predicted molar refractivity (Wildman–Crippen MR) is 82.4 cm³/mol. The molecule has 0 spiro atoms. The second-order valence-electron chi connectivity index (χ2n) is 4.81. The Bertz CT molecular complexity index is 684. The Morgan fingerprint density at radius 3 is 2.86 bits per heavy atom. The average Bonchev–Trinajstić information content (AvgIpc) is 2.96. The molecule has 0 fully saturated rings. The van der Waals surface area contributed by atoms with E-state index in [9.17, 15) is 9.59 Å². The molecule has 22 heavy (non-hydrogen) atoms. The molecule has 1 amide bonds. The number of carboxylic acid groups (broad SMARTS) is 1. The Balaban J connectivity index is 2.13. The molecule has 1 atom stereocenters. The molecule has 7 heteroatoms. The lowest BCUT2D eigenvalue weighted by atomic mass is 10.1. The number of benzene rings is 1. The van der Waals surface area contributed by atoms with Crippen LogP contribution in [0.1, 0.15) is 30.1 Å². The number of nitrogens with zero attached hydrogens (tertiary/aromatic N) is 2. The number of hydrogen-bond donors (Lipinski definition) is 2. The summed E-state index contributed by atoms with van der Waals surface area (Å²) in [5.74, 6) is -1.51. The summed E-state index contributed by atoms with van der Waals surface area (Å²) in [6, 6.07) is 6.14. The summed E-state index contributed by atoms with van der Waals surface area (Å²) in [5, 5.41) is 16.2. The van der Waals surface area contributed by atoms with Crippen molar-refractivity contribution in [1.82, 2.24) is 15.1 Å². The molecule has 0 saturated heterocycles. The Kier molecular flexibility index (Phi) is 5.16. The lowest BCUT2D eigenvalue weighted by Gasteiger charge is -2.12. The highest BCUT2D eigenvalue weighted by atomic mass is 35.5. The number of amides is 1. The van der Waals surface area contributed by atoms with Crippen molar-refractivity contribution in [2.45, 2.75) is 25.8 Å². The van der Waals surface area contributed by atoms with Gasteiger partial charge in [-0.2, -0.15) is 5.10 Å². The molecule has 0 saturated carbocycles. The molecule has 0 radical (unpaired) electrons. The molecule has 2 N–H and O–H groups in total. The summed E-state index contributed by atoms with van der Waals surface area (Å²) in [7, 11) is 0. The first kappa shape index (κ1) is 16.0. The average molecular weight is 322 g/mol. The molecule has 0 bridgehead atoms. The SMILES string of the molecule is CCCC(NC(=O)c1cnn(-c2cccc(Cl)c2)c1)C(=O)O. The van der Waals surface area contributed by atoms with Crippen LogP contribution in [0.3, 0.4) is 0 Å². The van der Waals surface area contributed by atoms with Gasteiger partial charge in [-0.15, -0.1) is 0 Å². The van der Waals surface area contributed by atoms with Gasteiger partial charge in [0.25, 0.3) is 5.91 Å². The number of rotatable bonds is 6. The molecule has 1 heterocycles. The van der Waals surface area contributed by atoms with Crippen LogP contribution in [0, 0.1) is 0 Å². The van der Waals surface area contributed by atoms with Gasteiger partial charge in [0.15, 0.2) is 0 Å². The van der Waals surface area contributed by atoms with Gasteiger partial charge in [-0.05, 0) is 24.6 Å². The molecule has 0 aliphatic rings. The highest BCUT2D eigenvalue weighted by Crippen LogP contribution is 2.14. The number of nitrogens with one attached hydrogen (secondary N) is 1. The quantitative estimate of drug-likeness (QED) is 0.856. The second-order valence-corrected chi connectivity index (χ2v) is 5.24. The number of carboxylic acids is 1. The van der Waals surface area contributed by atoms with Crippen molar-refractivity contribution in [3.8, 4) is 5.69 Å². The van der Waals surface area contributed by atoms with Gasteiger partial charge < -0.3 is 10.4 Å². The number of carbonyl (C=O) groups is 2. The molecule has 6 nitrogen and oxygen atoms in total. The Hall–Kier alpha value is -2.34. The van der Waals surface area contributed by atoms with Gasteiger partial charge in [0.05, 0.1) is 17.4 Å². The number of aliphatic carboxylic acids is 1. The minimum absolute atomic E-state index is 0.294. The number of carbonyl (C=O) groups excluding carboxylic acids is 1. The molecular formula is C15H16ClN3O3. The number of halogens is 1. The molecule has 1 aromatic carbocycles. The van der Waals surface area contributed by atoms with Gasteiger partial charge in [-0.1, -0.05) is 31.0 Å². The first-order valence-electron chi connectivity index (χ1n) is 6.85.